The van der Waals surface area contributed by atoms with Crippen molar-refractivity contribution in [3.8, 4) is 0 Å². The minimum absolute atomic E-state index is 0.00688. The molecular weight excluding hydrogens is 272 g/mol. The molecule has 0 aliphatic rings. The van der Waals surface area contributed by atoms with Gasteiger partial charge in [-0.2, -0.15) is 0 Å². The van der Waals surface area contributed by atoms with E-state index in [4.69, 9.17) is 4.74 Å². The van der Waals surface area contributed by atoms with Gasteiger partial charge in [0.05, 0.1) is 19.6 Å². The van der Waals surface area contributed by atoms with Crippen LogP contribution in [0.25, 0.3) is 0 Å². The van der Waals surface area contributed by atoms with E-state index in [1.165, 1.54) is 12.7 Å². The van der Waals surface area contributed by atoms with E-state index in [1.54, 1.807) is 11.3 Å². The van der Waals surface area contributed by atoms with Gasteiger partial charge in [0.1, 0.15) is 0 Å². The summed E-state index contributed by atoms with van der Waals surface area (Å²) in [6, 6.07) is 6.15. The molecule has 1 N–H and O–H groups in total. The maximum Gasteiger partial charge on any atom is 0.307 e. The fourth-order valence-electron chi connectivity index (χ4n) is 2.05. The van der Waals surface area contributed by atoms with Crippen LogP contribution in [0.4, 0.5) is 0 Å². The van der Waals surface area contributed by atoms with E-state index in [0.29, 0.717) is 6.42 Å². The van der Waals surface area contributed by atoms with Crippen molar-refractivity contribution in [2.45, 2.75) is 32.5 Å². The van der Waals surface area contributed by atoms with Crippen LogP contribution in [0.15, 0.2) is 36.0 Å². The van der Waals surface area contributed by atoms with E-state index >= 15 is 0 Å². The highest BCUT2D eigenvalue weighted by atomic mass is 32.1. The van der Waals surface area contributed by atoms with Gasteiger partial charge in [-0.1, -0.05) is 6.07 Å². The number of hydrogen-bond acceptors (Lipinski definition) is 4. The van der Waals surface area contributed by atoms with Crippen molar-refractivity contribution in [1.82, 2.24) is 9.88 Å². The fraction of sp³-hybridized carbons (Fsp3) is 0.400. The van der Waals surface area contributed by atoms with Gasteiger partial charge in [0.25, 0.3) is 0 Å². The third-order valence-corrected chi connectivity index (χ3v) is 4.20. The molecule has 0 spiro atoms. The molecule has 1 atom stereocenters. The number of aryl methyl sites for hydroxylation is 1. The lowest BCUT2D eigenvalue weighted by molar-refractivity contribution is -0.141. The number of aromatic nitrogens is 1. The van der Waals surface area contributed by atoms with Gasteiger partial charge in [0, 0.05) is 30.4 Å². The standard InChI is InChI=1S/C15H20N2O2S/c1-3-17-7-6-12(11-17)10-16-13(9-15(18)19-2)14-5-4-8-20-14/h4-8,11,13,16H,3,9-10H2,1-2H3. The minimum Gasteiger partial charge on any atom is -0.469 e. The molecule has 4 nitrogen and oxygen atoms in total. The molecule has 108 valence electrons. The summed E-state index contributed by atoms with van der Waals surface area (Å²) in [5.41, 5.74) is 1.22. The monoisotopic (exact) mass is 292 g/mol. The molecule has 0 aliphatic carbocycles. The first-order valence-electron chi connectivity index (χ1n) is 6.71. The van der Waals surface area contributed by atoms with Crippen molar-refractivity contribution < 1.29 is 9.53 Å². The maximum absolute atomic E-state index is 11.5. The number of rotatable bonds is 7. The number of methoxy groups -OCH3 is 1. The molecular formula is C15H20N2O2S. The highest BCUT2D eigenvalue weighted by molar-refractivity contribution is 7.10. The average molecular weight is 292 g/mol. The number of carbonyl (C=O) groups excluding carboxylic acids is 1. The van der Waals surface area contributed by atoms with Crippen LogP contribution in [0.5, 0.6) is 0 Å². The molecule has 0 fully saturated rings. The van der Waals surface area contributed by atoms with Crippen molar-refractivity contribution >= 4 is 17.3 Å². The average Bonchev–Trinajstić information content (AvgIpc) is 3.13. The lowest BCUT2D eigenvalue weighted by Crippen LogP contribution is -2.23. The minimum atomic E-state index is -0.193. The lowest BCUT2D eigenvalue weighted by Gasteiger charge is -2.15. The van der Waals surface area contributed by atoms with Gasteiger partial charge in [-0.25, -0.2) is 0 Å². The predicted molar refractivity (Wildman–Crippen MR) is 80.6 cm³/mol. The quantitative estimate of drug-likeness (QED) is 0.798. The first-order valence-corrected chi connectivity index (χ1v) is 7.59. The second kappa shape index (κ2) is 7.26. The zero-order chi connectivity index (χ0) is 14.4. The molecule has 1 unspecified atom stereocenters. The van der Waals surface area contributed by atoms with Crippen LogP contribution in [0.3, 0.4) is 0 Å². The van der Waals surface area contributed by atoms with Gasteiger partial charge in [0.15, 0.2) is 0 Å². The van der Waals surface area contributed by atoms with E-state index in [9.17, 15) is 4.79 Å². The molecule has 2 aromatic heterocycles. The Hall–Kier alpha value is -1.59. The lowest BCUT2D eigenvalue weighted by atomic mass is 10.1. The summed E-state index contributed by atoms with van der Waals surface area (Å²) in [7, 11) is 1.43. The third kappa shape index (κ3) is 3.95. The number of ether oxygens (including phenoxy) is 1. The molecule has 0 radical (unpaired) electrons. The number of nitrogens with zero attached hydrogens (tertiary/aromatic N) is 1. The van der Waals surface area contributed by atoms with Gasteiger partial charge in [0.2, 0.25) is 0 Å². The van der Waals surface area contributed by atoms with Crippen molar-refractivity contribution in [3.05, 3.63) is 46.4 Å². The Bertz CT molecular complexity index is 534. The van der Waals surface area contributed by atoms with E-state index in [1.807, 2.05) is 17.5 Å². The van der Waals surface area contributed by atoms with Crippen molar-refractivity contribution in [1.29, 1.82) is 0 Å². The Morgan fingerprint density at radius 3 is 2.95 bits per heavy atom. The molecule has 2 aromatic rings. The second-order valence-electron chi connectivity index (χ2n) is 4.58. The van der Waals surface area contributed by atoms with Crippen molar-refractivity contribution in [2.24, 2.45) is 0 Å². The Kier molecular flexibility index (Phi) is 5.38. The van der Waals surface area contributed by atoms with E-state index in [-0.39, 0.29) is 12.0 Å². The van der Waals surface area contributed by atoms with Gasteiger partial charge >= 0.3 is 5.97 Å². The maximum atomic E-state index is 11.5. The summed E-state index contributed by atoms with van der Waals surface area (Å²) in [5, 5.41) is 5.46. The largest absolute Gasteiger partial charge is 0.469 e. The Morgan fingerprint density at radius 1 is 1.50 bits per heavy atom. The smallest absolute Gasteiger partial charge is 0.307 e. The van der Waals surface area contributed by atoms with Gasteiger partial charge in [-0.15, -0.1) is 11.3 Å². The van der Waals surface area contributed by atoms with Crippen LogP contribution >= 0.6 is 11.3 Å². The molecule has 0 aliphatic heterocycles. The third-order valence-electron chi connectivity index (χ3n) is 3.21. The molecule has 0 aromatic carbocycles. The van der Waals surface area contributed by atoms with Gasteiger partial charge < -0.3 is 14.6 Å². The summed E-state index contributed by atoms with van der Waals surface area (Å²) in [6.07, 6.45) is 4.54. The SMILES string of the molecule is CCn1ccc(CNC(CC(=O)OC)c2cccs2)c1. The molecule has 0 amide bonds. The van der Waals surface area contributed by atoms with Crippen LogP contribution in [-0.4, -0.2) is 17.6 Å². The number of nitrogens with one attached hydrogen (secondary N) is 1. The molecule has 2 heterocycles. The van der Waals surface area contributed by atoms with Crippen molar-refractivity contribution in [2.75, 3.05) is 7.11 Å². The summed E-state index contributed by atoms with van der Waals surface area (Å²) in [4.78, 5) is 12.7. The van der Waals surface area contributed by atoms with E-state index in [0.717, 1.165) is 18.0 Å². The molecule has 0 saturated carbocycles. The molecule has 20 heavy (non-hydrogen) atoms. The summed E-state index contributed by atoms with van der Waals surface area (Å²) < 4.78 is 6.91. The molecule has 0 saturated heterocycles. The van der Waals surface area contributed by atoms with E-state index < -0.39 is 0 Å². The number of hydrogen-bond donors (Lipinski definition) is 1. The zero-order valence-corrected chi connectivity index (χ0v) is 12.7. The summed E-state index contributed by atoms with van der Waals surface area (Å²) in [5.74, 6) is -0.193. The topological polar surface area (TPSA) is 43.3 Å². The van der Waals surface area contributed by atoms with Gasteiger partial charge in [-0.05, 0) is 30.0 Å². The summed E-state index contributed by atoms with van der Waals surface area (Å²) in [6.45, 7) is 3.83. The zero-order valence-electron chi connectivity index (χ0n) is 11.8. The normalized spacial score (nSPS) is 12.3. The van der Waals surface area contributed by atoms with Gasteiger partial charge in [-0.3, -0.25) is 4.79 Å². The number of carbonyl (C=O) groups is 1. The van der Waals surface area contributed by atoms with Crippen LogP contribution in [-0.2, 0) is 22.6 Å². The number of esters is 1. The Labute approximate surface area is 123 Å². The summed E-state index contributed by atoms with van der Waals surface area (Å²) >= 11 is 1.65. The predicted octanol–water partition coefficient (Wildman–Crippen LogP) is 2.96. The highest BCUT2D eigenvalue weighted by Crippen LogP contribution is 2.23. The van der Waals surface area contributed by atoms with Crippen LogP contribution < -0.4 is 5.32 Å². The molecule has 2 rings (SSSR count). The van der Waals surface area contributed by atoms with Crippen LogP contribution in [0.2, 0.25) is 0 Å². The Morgan fingerprint density at radius 2 is 2.35 bits per heavy atom. The van der Waals surface area contributed by atoms with Crippen molar-refractivity contribution in [3.63, 3.8) is 0 Å². The first kappa shape index (κ1) is 14.8. The molecule has 5 heteroatoms. The second-order valence-corrected chi connectivity index (χ2v) is 5.56. The first-order chi connectivity index (χ1) is 9.72. The van der Waals surface area contributed by atoms with Crippen LogP contribution in [0.1, 0.15) is 29.8 Å². The fourth-order valence-corrected chi connectivity index (χ4v) is 2.85. The number of thiophene rings is 1. The highest BCUT2D eigenvalue weighted by Gasteiger charge is 2.17. The van der Waals surface area contributed by atoms with E-state index in [2.05, 4.69) is 35.3 Å². The molecule has 0 bridgehead atoms. The van der Waals surface area contributed by atoms with Crippen LogP contribution in [0, 0.1) is 0 Å². The Balaban J connectivity index is 1.98.